The Balaban J connectivity index is 1.75. The molecule has 1 saturated carbocycles. The molecule has 0 bridgehead atoms. The average molecular weight is 265 g/mol. The topological polar surface area (TPSA) is 20.3 Å². The molecule has 2 fully saturated rings. The molecule has 3 rings (SSSR count). The lowest BCUT2D eigenvalue weighted by atomic mass is 9.84. The van der Waals surface area contributed by atoms with Crippen LogP contribution in [0.5, 0.6) is 0 Å². The predicted molar refractivity (Wildman–Crippen MR) is 76.4 cm³/mol. The molecular formula is C15H23NOS. The van der Waals surface area contributed by atoms with E-state index in [-0.39, 0.29) is 0 Å². The van der Waals surface area contributed by atoms with Crippen molar-refractivity contribution in [3.05, 3.63) is 11.1 Å². The summed E-state index contributed by atoms with van der Waals surface area (Å²) in [4.78, 5) is 15.0. The van der Waals surface area contributed by atoms with Gasteiger partial charge in [-0.3, -0.25) is 4.79 Å². The Morgan fingerprint density at radius 1 is 1.22 bits per heavy atom. The molecule has 0 aromatic heterocycles. The number of thioether (sulfide) groups is 1. The number of carbonyl (C=O) groups is 1. The van der Waals surface area contributed by atoms with E-state index >= 15 is 0 Å². The van der Waals surface area contributed by atoms with Crippen molar-refractivity contribution in [3.8, 4) is 0 Å². The first-order valence-electron chi connectivity index (χ1n) is 7.40. The smallest absolute Gasteiger partial charge is 0.183 e. The van der Waals surface area contributed by atoms with Crippen LogP contribution in [0.2, 0.25) is 0 Å². The van der Waals surface area contributed by atoms with E-state index < -0.39 is 0 Å². The zero-order valence-corrected chi connectivity index (χ0v) is 12.0. The van der Waals surface area contributed by atoms with Crippen molar-refractivity contribution in [2.75, 3.05) is 13.1 Å². The highest BCUT2D eigenvalue weighted by atomic mass is 32.2. The van der Waals surface area contributed by atoms with Crippen LogP contribution in [0.15, 0.2) is 11.1 Å². The Kier molecular flexibility index (Phi) is 3.69. The van der Waals surface area contributed by atoms with Gasteiger partial charge in [-0.15, -0.1) is 11.8 Å². The third-order valence-corrected chi connectivity index (χ3v) is 5.92. The van der Waals surface area contributed by atoms with Crippen molar-refractivity contribution in [2.45, 2.75) is 50.7 Å². The van der Waals surface area contributed by atoms with Gasteiger partial charge in [0.15, 0.2) is 5.78 Å². The molecule has 0 N–H and O–H groups in total. The Morgan fingerprint density at radius 2 is 2.06 bits per heavy atom. The second-order valence-electron chi connectivity index (χ2n) is 6.13. The minimum atomic E-state index is 0.320. The number of rotatable bonds is 1. The number of likely N-dealkylation sites (tertiary alicyclic amines) is 1. The van der Waals surface area contributed by atoms with Gasteiger partial charge in [0.1, 0.15) is 0 Å². The zero-order chi connectivity index (χ0) is 12.5. The maximum absolute atomic E-state index is 12.6. The summed E-state index contributed by atoms with van der Waals surface area (Å²) in [5.74, 6) is 1.51. The van der Waals surface area contributed by atoms with Gasteiger partial charge in [0.25, 0.3) is 0 Å². The fourth-order valence-corrected chi connectivity index (χ4v) is 4.92. The highest BCUT2D eigenvalue weighted by Crippen LogP contribution is 2.41. The number of nitrogens with zero attached hydrogens (tertiary/aromatic N) is 1. The van der Waals surface area contributed by atoms with Gasteiger partial charge >= 0.3 is 0 Å². The third kappa shape index (κ3) is 2.34. The number of carbonyl (C=O) groups excluding carboxylic acids is 1. The molecule has 0 radical (unpaired) electrons. The SMILES string of the molecule is CC1CCCN(C2=CSC3CCCCC3C2=O)C1. The molecule has 3 heteroatoms. The number of hydrogen-bond donors (Lipinski definition) is 0. The molecule has 1 aliphatic carbocycles. The van der Waals surface area contributed by atoms with Crippen LogP contribution in [-0.2, 0) is 4.79 Å². The van der Waals surface area contributed by atoms with Crippen LogP contribution in [0.1, 0.15) is 45.4 Å². The largest absolute Gasteiger partial charge is 0.368 e. The summed E-state index contributed by atoms with van der Waals surface area (Å²) in [6, 6.07) is 0. The molecule has 3 atom stereocenters. The van der Waals surface area contributed by atoms with Crippen LogP contribution in [0, 0.1) is 11.8 Å². The van der Waals surface area contributed by atoms with Gasteiger partial charge in [0, 0.05) is 24.3 Å². The normalized spacial score (nSPS) is 37.2. The van der Waals surface area contributed by atoms with Crippen molar-refractivity contribution in [2.24, 2.45) is 11.8 Å². The summed E-state index contributed by atoms with van der Waals surface area (Å²) in [6.07, 6.45) is 7.47. The maximum Gasteiger partial charge on any atom is 0.183 e. The Hall–Kier alpha value is -0.440. The van der Waals surface area contributed by atoms with Crippen molar-refractivity contribution in [3.63, 3.8) is 0 Å². The van der Waals surface area contributed by atoms with Crippen LogP contribution in [-0.4, -0.2) is 29.0 Å². The lowest BCUT2D eigenvalue weighted by Gasteiger charge is -2.39. The quantitative estimate of drug-likeness (QED) is 0.724. The number of hydrogen-bond acceptors (Lipinski definition) is 3. The third-order valence-electron chi connectivity index (χ3n) is 4.64. The number of allylic oxidation sites excluding steroid dienone is 1. The summed E-state index contributed by atoms with van der Waals surface area (Å²) in [5.41, 5.74) is 1.04. The predicted octanol–water partition coefficient (Wildman–Crippen LogP) is 3.43. The van der Waals surface area contributed by atoms with E-state index in [9.17, 15) is 4.79 Å². The molecule has 0 aromatic carbocycles. The van der Waals surface area contributed by atoms with E-state index in [0.717, 1.165) is 31.1 Å². The molecule has 2 heterocycles. The highest BCUT2D eigenvalue weighted by molar-refractivity contribution is 8.02. The first-order valence-corrected chi connectivity index (χ1v) is 8.35. The van der Waals surface area contributed by atoms with E-state index in [2.05, 4.69) is 17.2 Å². The monoisotopic (exact) mass is 265 g/mol. The molecule has 3 unspecified atom stereocenters. The Morgan fingerprint density at radius 3 is 2.89 bits per heavy atom. The summed E-state index contributed by atoms with van der Waals surface area (Å²) < 4.78 is 0. The van der Waals surface area contributed by atoms with E-state index in [4.69, 9.17) is 0 Å². The minimum Gasteiger partial charge on any atom is -0.368 e. The second kappa shape index (κ2) is 5.28. The fraction of sp³-hybridized carbons (Fsp3) is 0.800. The first kappa shape index (κ1) is 12.6. The number of ketones is 1. The fourth-order valence-electron chi connectivity index (χ4n) is 3.60. The first-order chi connectivity index (χ1) is 8.75. The minimum absolute atomic E-state index is 0.320. The molecule has 1 saturated heterocycles. The second-order valence-corrected chi connectivity index (χ2v) is 7.24. The molecule has 2 aliphatic heterocycles. The van der Waals surface area contributed by atoms with Crippen molar-refractivity contribution >= 4 is 17.5 Å². The summed E-state index contributed by atoms with van der Waals surface area (Å²) in [6.45, 7) is 4.46. The van der Waals surface area contributed by atoms with Gasteiger partial charge in [-0.25, -0.2) is 0 Å². The van der Waals surface area contributed by atoms with Gasteiger partial charge in [-0.05, 0) is 37.0 Å². The van der Waals surface area contributed by atoms with Crippen LogP contribution in [0.3, 0.4) is 0 Å². The van der Waals surface area contributed by atoms with Gasteiger partial charge in [0.2, 0.25) is 0 Å². The van der Waals surface area contributed by atoms with Gasteiger partial charge in [-0.1, -0.05) is 19.8 Å². The summed E-state index contributed by atoms with van der Waals surface area (Å²) in [7, 11) is 0. The number of fused-ring (bicyclic) bond motifs is 1. The van der Waals surface area contributed by atoms with E-state index in [1.54, 1.807) is 0 Å². The van der Waals surface area contributed by atoms with Gasteiger partial charge in [0.05, 0.1) is 5.70 Å². The van der Waals surface area contributed by atoms with Crippen molar-refractivity contribution in [1.29, 1.82) is 0 Å². The lowest BCUT2D eigenvalue weighted by Crippen LogP contribution is -2.42. The average Bonchev–Trinajstić information content (AvgIpc) is 2.39. The van der Waals surface area contributed by atoms with E-state index in [0.29, 0.717) is 17.0 Å². The molecule has 0 aromatic rings. The zero-order valence-electron chi connectivity index (χ0n) is 11.2. The molecule has 18 heavy (non-hydrogen) atoms. The molecular weight excluding hydrogens is 242 g/mol. The standard InChI is InChI=1S/C15H23NOS/c1-11-5-4-8-16(9-11)13-10-18-14-7-3-2-6-12(14)15(13)17/h10-12,14H,2-9H2,1H3. The summed E-state index contributed by atoms with van der Waals surface area (Å²) in [5, 5.41) is 2.75. The van der Waals surface area contributed by atoms with E-state index in [1.807, 2.05) is 11.8 Å². The van der Waals surface area contributed by atoms with E-state index in [1.165, 1.54) is 32.1 Å². The molecule has 0 spiro atoms. The lowest BCUT2D eigenvalue weighted by molar-refractivity contribution is -0.121. The number of piperidine rings is 1. The van der Waals surface area contributed by atoms with Crippen LogP contribution in [0.4, 0.5) is 0 Å². The van der Waals surface area contributed by atoms with Crippen molar-refractivity contribution < 1.29 is 4.79 Å². The molecule has 2 nitrogen and oxygen atoms in total. The Bertz CT molecular complexity index is 366. The van der Waals surface area contributed by atoms with Crippen LogP contribution < -0.4 is 0 Å². The maximum atomic E-state index is 12.6. The molecule has 3 aliphatic rings. The van der Waals surface area contributed by atoms with Gasteiger partial charge < -0.3 is 4.90 Å². The summed E-state index contributed by atoms with van der Waals surface area (Å²) >= 11 is 1.93. The van der Waals surface area contributed by atoms with Crippen LogP contribution >= 0.6 is 11.8 Å². The highest BCUT2D eigenvalue weighted by Gasteiger charge is 2.38. The Labute approximate surface area is 114 Å². The van der Waals surface area contributed by atoms with Crippen LogP contribution in [0.25, 0.3) is 0 Å². The van der Waals surface area contributed by atoms with Crippen molar-refractivity contribution in [1.82, 2.24) is 4.90 Å². The van der Waals surface area contributed by atoms with Gasteiger partial charge in [-0.2, -0.15) is 0 Å². The molecule has 100 valence electrons. The molecule has 0 amide bonds. The number of Topliss-reactive ketones (excluding diaryl/α,β-unsaturated/α-hetero) is 1.